The van der Waals surface area contributed by atoms with Crippen molar-refractivity contribution in [1.82, 2.24) is 0 Å². The lowest BCUT2D eigenvalue weighted by Crippen LogP contribution is -2.18. The second-order valence-electron chi connectivity index (χ2n) is 6.22. The van der Waals surface area contributed by atoms with Gasteiger partial charge in [-0.15, -0.1) is 0 Å². The van der Waals surface area contributed by atoms with E-state index >= 15 is 0 Å². The molecule has 19 heavy (non-hydrogen) atoms. The third-order valence-corrected chi connectivity index (χ3v) is 3.63. The maximum atomic E-state index is 9.72. The van der Waals surface area contributed by atoms with Crippen LogP contribution < -0.4 is 0 Å². The summed E-state index contributed by atoms with van der Waals surface area (Å²) in [7, 11) is 0. The lowest BCUT2D eigenvalue weighted by molar-refractivity contribution is 0.0675. The molecule has 1 N–H and O–H groups in total. The number of aliphatic hydroxyl groups is 1. The van der Waals surface area contributed by atoms with Gasteiger partial charge in [-0.25, -0.2) is 0 Å². The lowest BCUT2D eigenvalue weighted by Gasteiger charge is -2.17. The minimum Gasteiger partial charge on any atom is -0.390 e. The molecule has 1 aliphatic rings. The van der Waals surface area contributed by atoms with Crippen LogP contribution in [0.2, 0.25) is 0 Å². The molecule has 1 nitrogen and oxygen atoms in total. The van der Waals surface area contributed by atoms with Crippen LogP contribution in [0.5, 0.6) is 0 Å². The Hall–Kier alpha value is -1.34. The smallest absolute Gasteiger partial charge is 0.0591 e. The third-order valence-electron chi connectivity index (χ3n) is 3.63. The zero-order valence-corrected chi connectivity index (χ0v) is 12.2. The number of rotatable bonds is 5. The van der Waals surface area contributed by atoms with Gasteiger partial charge in [0.25, 0.3) is 0 Å². The largest absolute Gasteiger partial charge is 0.390 e. The Bertz CT molecular complexity index is 489. The maximum absolute atomic E-state index is 9.72. The Labute approximate surface area is 116 Å². The standard InChI is InChI=1S/C18H24O/c1-14(7-6-12-18(2,3)19)13-16-11-10-15-8-4-5-9-17(15)16/h4-5,8-11,13-14,19H,6-7,12H2,1-3H3. The highest BCUT2D eigenvalue weighted by Gasteiger charge is 2.13. The minimum atomic E-state index is -0.535. The molecule has 1 unspecified atom stereocenters. The molecule has 0 bridgehead atoms. The molecule has 0 amide bonds. The topological polar surface area (TPSA) is 20.2 Å². The van der Waals surface area contributed by atoms with Crippen molar-refractivity contribution in [2.75, 3.05) is 0 Å². The van der Waals surface area contributed by atoms with E-state index in [1.807, 2.05) is 13.8 Å². The highest BCUT2D eigenvalue weighted by molar-refractivity contribution is 5.89. The van der Waals surface area contributed by atoms with Crippen molar-refractivity contribution in [2.45, 2.75) is 45.6 Å². The van der Waals surface area contributed by atoms with Gasteiger partial charge in [-0.1, -0.05) is 55.8 Å². The van der Waals surface area contributed by atoms with Gasteiger partial charge >= 0.3 is 0 Å². The summed E-state index contributed by atoms with van der Waals surface area (Å²) in [5.41, 5.74) is 3.47. The molecule has 0 saturated heterocycles. The molecule has 1 atom stereocenters. The van der Waals surface area contributed by atoms with Crippen molar-refractivity contribution < 1.29 is 5.11 Å². The summed E-state index contributed by atoms with van der Waals surface area (Å²) in [6.07, 6.45) is 9.81. The summed E-state index contributed by atoms with van der Waals surface area (Å²) >= 11 is 0. The van der Waals surface area contributed by atoms with Crippen molar-refractivity contribution in [3.05, 3.63) is 47.5 Å². The van der Waals surface area contributed by atoms with Crippen LogP contribution in [0, 0.1) is 5.92 Å². The third kappa shape index (κ3) is 4.07. The second kappa shape index (κ2) is 5.75. The van der Waals surface area contributed by atoms with Gasteiger partial charge in [0.15, 0.2) is 0 Å². The Morgan fingerprint density at radius 3 is 2.68 bits per heavy atom. The summed E-state index contributed by atoms with van der Waals surface area (Å²) in [6.45, 7) is 6.02. The summed E-state index contributed by atoms with van der Waals surface area (Å²) in [6, 6.07) is 8.52. The van der Waals surface area contributed by atoms with Crippen molar-refractivity contribution in [3.63, 3.8) is 0 Å². The first kappa shape index (κ1) is 14.1. The molecule has 1 aromatic rings. The van der Waals surface area contributed by atoms with Crippen LogP contribution in [-0.2, 0) is 0 Å². The average Bonchev–Trinajstić information content (AvgIpc) is 2.71. The van der Waals surface area contributed by atoms with Gasteiger partial charge in [0, 0.05) is 0 Å². The van der Waals surface area contributed by atoms with E-state index in [2.05, 4.69) is 49.4 Å². The molecule has 0 heterocycles. The fourth-order valence-corrected chi connectivity index (χ4v) is 2.57. The molecule has 0 saturated carbocycles. The SMILES string of the molecule is CC(C=C1C=Cc2ccccc21)CCCC(C)(C)O. The van der Waals surface area contributed by atoms with Crippen molar-refractivity contribution in [2.24, 2.45) is 5.92 Å². The Morgan fingerprint density at radius 2 is 1.95 bits per heavy atom. The summed E-state index contributed by atoms with van der Waals surface area (Å²) in [5, 5.41) is 9.72. The van der Waals surface area contributed by atoms with Gasteiger partial charge in [-0.05, 0) is 49.3 Å². The normalized spacial score (nSPS) is 17.8. The van der Waals surface area contributed by atoms with E-state index in [4.69, 9.17) is 0 Å². The Morgan fingerprint density at radius 1 is 1.21 bits per heavy atom. The maximum Gasteiger partial charge on any atom is 0.0591 e. The van der Waals surface area contributed by atoms with Crippen LogP contribution in [0.25, 0.3) is 11.6 Å². The number of hydrogen-bond acceptors (Lipinski definition) is 1. The van der Waals surface area contributed by atoms with Gasteiger partial charge in [-0.3, -0.25) is 0 Å². The highest BCUT2D eigenvalue weighted by Crippen LogP contribution is 2.30. The number of allylic oxidation sites excluding steroid dienone is 3. The fraction of sp³-hybridized carbons (Fsp3) is 0.444. The zero-order valence-electron chi connectivity index (χ0n) is 12.2. The minimum absolute atomic E-state index is 0.535. The molecule has 2 rings (SSSR count). The predicted molar refractivity (Wildman–Crippen MR) is 82.8 cm³/mol. The number of benzene rings is 1. The van der Waals surface area contributed by atoms with Gasteiger partial charge in [0.05, 0.1) is 5.60 Å². The van der Waals surface area contributed by atoms with E-state index in [0.717, 1.165) is 19.3 Å². The molecule has 1 aromatic carbocycles. The van der Waals surface area contributed by atoms with Crippen LogP contribution in [0.1, 0.15) is 51.2 Å². The molecule has 1 heteroatoms. The van der Waals surface area contributed by atoms with Crippen LogP contribution in [0.4, 0.5) is 0 Å². The summed E-state index contributed by atoms with van der Waals surface area (Å²) in [4.78, 5) is 0. The van der Waals surface area contributed by atoms with E-state index in [9.17, 15) is 5.11 Å². The molecule has 0 spiro atoms. The predicted octanol–water partition coefficient (Wildman–Crippen LogP) is 4.67. The molecule has 0 aliphatic heterocycles. The van der Waals surface area contributed by atoms with Crippen molar-refractivity contribution in [3.8, 4) is 0 Å². The van der Waals surface area contributed by atoms with Gasteiger partial charge < -0.3 is 5.11 Å². The first-order valence-electron chi connectivity index (χ1n) is 7.17. The van der Waals surface area contributed by atoms with Crippen LogP contribution in [0.15, 0.2) is 36.4 Å². The molecule has 0 fully saturated rings. The van der Waals surface area contributed by atoms with E-state index in [-0.39, 0.29) is 0 Å². The Balaban J connectivity index is 1.94. The second-order valence-corrected chi connectivity index (χ2v) is 6.22. The van der Waals surface area contributed by atoms with Crippen molar-refractivity contribution in [1.29, 1.82) is 0 Å². The van der Waals surface area contributed by atoms with Gasteiger partial charge in [-0.2, -0.15) is 0 Å². The monoisotopic (exact) mass is 256 g/mol. The zero-order chi connectivity index (χ0) is 13.9. The molecule has 0 radical (unpaired) electrons. The molecule has 102 valence electrons. The summed E-state index contributed by atoms with van der Waals surface area (Å²) in [5.74, 6) is 0.549. The number of hydrogen-bond donors (Lipinski definition) is 1. The van der Waals surface area contributed by atoms with E-state index in [1.54, 1.807) is 0 Å². The lowest BCUT2D eigenvalue weighted by atomic mass is 9.94. The number of fused-ring (bicyclic) bond motifs is 1. The van der Waals surface area contributed by atoms with Crippen LogP contribution in [0.3, 0.4) is 0 Å². The van der Waals surface area contributed by atoms with E-state index in [0.29, 0.717) is 5.92 Å². The van der Waals surface area contributed by atoms with Crippen molar-refractivity contribution >= 4 is 11.6 Å². The molecular weight excluding hydrogens is 232 g/mol. The van der Waals surface area contributed by atoms with E-state index in [1.165, 1.54) is 16.7 Å². The average molecular weight is 256 g/mol. The van der Waals surface area contributed by atoms with E-state index < -0.39 is 5.60 Å². The quantitative estimate of drug-likeness (QED) is 0.811. The van der Waals surface area contributed by atoms with Crippen LogP contribution in [-0.4, -0.2) is 10.7 Å². The molecule has 1 aliphatic carbocycles. The fourth-order valence-electron chi connectivity index (χ4n) is 2.57. The van der Waals surface area contributed by atoms with Gasteiger partial charge in [0.2, 0.25) is 0 Å². The molecule has 0 aromatic heterocycles. The highest BCUT2D eigenvalue weighted by atomic mass is 16.3. The van der Waals surface area contributed by atoms with Gasteiger partial charge in [0.1, 0.15) is 0 Å². The molecular formula is C18H24O. The van der Waals surface area contributed by atoms with Crippen LogP contribution >= 0.6 is 0 Å². The Kier molecular flexibility index (Phi) is 4.26. The summed E-state index contributed by atoms with van der Waals surface area (Å²) < 4.78 is 0. The first-order chi connectivity index (χ1) is 8.96. The first-order valence-corrected chi connectivity index (χ1v) is 7.17.